The SMILES string of the molecule is CC1(C)OB(CCC(B2OC(C)(C)C(C)(C)O2)C2CCCCC2)OC1(C)C. The maximum atomic E-state index is 6.47. The Balaban J connectivity index is 1.68. The summed E-state index contributed by atoms with van der Waals surface area (Å²) in [6.45, 7) is 17.1. The van der Waals surface area contributed by atoms with E-state index in [1.165, 1.54) is 32.1 Å². The zero-order valence-electron chi connectivity index (χ0n) is 18.9. The Labute approximate surface area is 167 Å². The largest absolute Gasteiger partial charge is 0.461 e. The first-order chi connectivity index (χ1) is 12.3. The zero-order valence-corrected chi connectivity index (χ0v) is 18.9. The predicted molar refractivity (Wildman–Crippen MR) is 112 cm³/mol. The van der Waals surface area contributed by atoms with Gasteiger partial charge in [0.1, 0.15) is 0 Å². The summed E-state index contributed by atoms with van der Waals surface area (Å²) in [4.78, 5) is 0. The normalized spacial score (nSPS) is 30.7. The van der Waals surface area contributed by atoms with Crippen LogP contribution in [0.1, 0.15) is 93.9 Å². The first-order valence-electron chi connectivity index (χ1n) is 11.1. The molecule has 6 heteroatoms. The molecule has 3 rings (SSSR count). The van der Waals surface area contributed by atoms with Crippen LogP contribution < -0.4 is 0 Å². The third kappa shape index (κ3) is 4.29. The van der Waals surface area contributed by atoms with Crippen LogP contribution >= 0.6 is 0 Å². The van der Waals surface area contributed by atoms with Gasteiger partial charge in [-0.2, -0.15) is 0 Å². The van der Waals surface area contributed by atoms with Crippen LogP contribution in [0.3, 0.4) is 0 Å². The second-order valence-corrected chi connectivity index (χ2v) is 10.9. The van der Waals surface area contributed by atoms with Gasteiger partial charge in [-0.25, -0.2) is 0 Å². The van der Waals surface area contributed by atoms with E-state index in [0.29, 0.717) is 11.7 Å². The predicted octanol–water partition coefficient (Wildman–Crippen LogP) is 5.51. The van der Waals surface area contributed by atoms with Crippen molar-refractivity contribution < 1.29 is 18.6 Å². The van der Waals surface area contributed by atoms with E-state index in [4.69, 9.17) is 18.6 Å². The summed E-state index contributed by atoms with van der Waals surface area (Å²) in [6, 6.07) is 0. The van der Waals surface area contributed by atoms with E-state index in [1.54, 1.807) is 0 Å². The van der Waals surface area contributed by atoms with Crippen molar-refractivity contribution in [3.05, 3.63) is 0 Å². The first-order valence-corrected chi connectivity index (χ1v) is 11.1. The highest BCUT2D eigenvalue weighted by Crippen LogP contribution is 2.47. The van der Waals surface area contributed by atoms with Crippen LogP contribution in [-0.4, -0.2) is 36.6 Å². The standard InChI is InChI=1S/C21H40B2O4/c1-18(2)19(3,4)25-22(24-18)15-14-17(16-12-10-9-11-13-16)23-26-20(5,6)21(7,8)27-23/h16-17H,9-15H2,1-8H3. The fourth-order valence-electron chi connectivity index (χ4n) is 4.63. The smallest absolute Gasteiger partial charge is 0.403 e. The molecule has 2 saturated heterocycles. The Bertz CT molecular complexity index is 494. The molecule has 0 aromatic carbocycles. The van der Waals surface area contributed by atoms with Gasteiger partial charge in [-0.15, -0.1) is 0 Å². The number of rotatable bonds is 5. The van der Waals surface area contributed by atoms with Crippen LogP contribution in [0.25, 0.3) is 0 Å². The quantitative estimate of drug-likeness (QED) is 0.591. The van der Waals surface area contributed by atoms with E-state index in [2.05, 4.69) is 55.4 Å². The molecule has 1 saturated carbocycles. The van der Waals surface area contributed by atoms with Gasteiger partial charge in [-0.05, 0) is 73.4 Å². The van der Waals surface area contributed by atoms with Gasteiger partial charge in [0, 0.05) is 0 Å². The topological polar surface area (TPSA) is 36.9 Å². The molecule has 0 aromatic heterocycles. The first kappa shape index (κ1) is 21.7. The van der Waals surface area contributed by atoms with Crippen molar-refractivity contribution in [1.82, 2.24) is 0 Å². The van der Waals surface area contributed by atoms with Crippen molar-refractivity contribution in [2.75, 3.05) is 0 Å². The van der Waals surface area contributed by atoms with Crippen molar-refractivity contribution in [1.29, 1.82) is 0 Å². The van der Waals surface area contributed by atoms with E-state index >= 15 is 0 Å². The minimum Gasteiger partial charge on any atom is -0.403 e. The Morgan fingerprint density at radius 2 is 1.15 bits per heavy atom. The Morgan fingerprint density at radius 3 is 1.63 bits per heavy atom. The molecule has 1 aliphatic carbocycles. The lowest BCUT2D eigenvalue weighted by Gasteiger charge is -2.32. The molecular formula is C21H40B2O4. The van der Waals surface area contributed by atoms with Gasteiger partial charge in [0.05, 0.1) is 22.4 Å². The van der Waals surface area contributed by atoms with Gasteiger partial charge in [0.15, 0.2) is 0 Å². The summed E-state index contributed by atoms with van der Waals surface area (Å²) in [7, 11) is -0.260. The molecule has 2 heterocycles. The summed E-state index contributed by atoms with van der Waals surface area (Å²) >= 11 is 0. The highest BCUT2D eigenvalue weighted by Gasteiger charge is 2.56. The van der Waals surface area contributed by atoms with Gasteiger partial charge in [0.2, 0.25) is 0 Å². The van der Waals surface area contributed by atoms with Crippen LogP contribution in [0.2, 0.25) is 12.1 Å². The van der Waals surface area contributed by atoms with Gasteiger partial charge >= 0.3 is 14.2 Å². The lowest BCUT2D eigenvalue weighted by atomic mass is 9.57. The maximum absolute atomic E-state index is 6.47. The highest BCUT2D eigenvalue weighted by atomic mass is 16.7. The summed E-state index contributed by atoms with van der Waals surface area (Å²) in [5.74, 6) is 1.08. The second-order valence-electron chi connectivity index (χ2n) is 10.9. The van der Waals surface area contributed by atoms with Crippen LogP contribution in [-0.2, 0) is 18.6 Å². The minimum absolute atomic E-state index is 0.125. The maximum Gasteiger partial charge on any atom is 0.461 e. The fourth-order valence-corrected chi connectivity index (χ4v) is 4.63. The Kier molecular flexibility index (Phi) is 5.89. The molecule has 0 aromatic rings. The third-order valence-corrected chi connectivity index (χ3v) is 7.91. The molecule has 154 valence electrons. The van der Waals surface area contributed by atoms with Gasteiger partial charge in [-0.1, -0.05) is 38.5 Å². The van der Waals surface area contributed by atoms with Crippen molar-refractivity contribution in [3.63, 3.8) is 0 Å². The van der Waals surface area contributed by atoms with Crippen molar-refractivity contribution in [2.45, 2.75) is 128 Å². The summed E-state index contributed by atoms with van der Waals surface area (Å²) in [5, 5.41) is 0. The lowest BCUT2D eigenvalue weighted by molar-refractivity contribution is 0.00578. The molecule has 3 fully saturated rings. The van der Waals surface area contributed by atoms with Crippen LogP contribution in [0, 0.1) is 5.92 Å². The molecule has 0 radical (unpaired) electrons. The van der Waals surface area contributed by atoms with Crippen LogP contribution in [0.5, 0.6) is 0 Å². The summed E-state index contributed by atoms with van der Waals surface area (Å²) < 4.78 is 25.4. The molecule has 0 spiro atoms. The van der Waals surface area contributed by atoms with Crippen molar-refractivity contribution in [2.24, 2.45) is 5.92 Å². The molecular weight excluding hydrogens is 338 g/mol. The van der Waals surface area contributed by atoms with Gasteiger partial charge < -0.3 is 18.6 Å². The molecule has 0 N–H and O–H groups in total. The molecule has 0 bridgehead atoms. The van der Waals surface area contributed by atoms with Gasteiger partial charge in [0.25, 0.3) is 0 Å². The zero-order chi connectivity index (χ0) is 20.1. The molecule has 3 aliphatic rings. The molecule has 4 nitrogen and oxygen atoms in total. The molecule has 1 atom stereocenters. The molecule has 1 unspecified atom stereocenters. The molecule has 27 heavy (non-hydrogen) atoms. The number of hydrogen-bond donors (Lipinski definition) is 0. The van der Waals surface area contributed by atoms with Crippen molar-refractivity contribution >= 4 is 14.2 Å². The Hall–Kier alpha value is -0.0301. The van der Waals surface area contributed by atoms with Gasteiger partial charge in [-0.3, -0.25) is 0 Å². The van der Waals surface area contributed by atoms with E-state index in [1.807, 2.05) is 0 Å². The monoisotopic (exact) mass is 378 g/mol. The summed E-state index contributed by atoms with van der Waals surface area (Å²) in [5.41, 5.74) is -1.06. The molecule has 2 aliphatic heterocycles. The van der Waals surface area contributed by atoms with E-state index in [9.17, 15) is 0 Å². The Morgan fingerprint density at radius 1 is 0.704 bits per heavy atom. The lowest BCUT2D eigenvalue weighted by Crippen LogP contribution is -2.41. The fraction of sp³-hybridized carbons (Fsp3) is 1.00. The van der Waals surface area contributed by atoms with E-state index in [0.717, 1.165) is 12.7 Å². The average molecular weight is 378 g/mol. The minimum atomic E-state index is -0.269. The number of hydrogen-bond acceptors (Lipinski definition) is 4. The second kappa shape index (κ2) is 7.34. The third-order valence-electron chi connectivity index (χ3n) is 7.91. The molecule has 0 amide bonds. The average Bonchev–Trinajstić information content (AvgIpc) is 2.87. The van der Waals surface area contributed by atoms with Crippen LogP contribution in [0.15, 0.2) is 0 Å². The van der Waals surface area contributed by atoms with E-state index < -0.39 is 0 Å². The van der Waals surface area contributed by atoms with Crippen LogP contribution in [0.4, 0.5) is 0 Å². The van der Waals surface area contributed by atoms with E-state index in [-0.39, 0.29) is 36.6 Å². The summed E-state index contributed by atoms with van der Waals surface area (Å²) in [6.07, 6.45) is 8.53. The van der Waals surface area contributed by atoms with Crippen molar-refractivity contribution in [3.8, 4) is 0 Å². The highest BCUT2D eigenvalue weighted by molar-refractivity contribution is 6.49.